The van der Waals surface area contributed by atoms with Crippen LogP contribution in [0.2, 0.25) is 10.0 Å². The summed E-state index contributed by atoms with van der Waals surface area (Å²) in [7, 11) is 0. The molecule has 0 saturated carbocycles. The van der Waals surface area contributed by atoms with E-state index in [9.17, 15) is 5.11 Å². The molecule has 1 N–H and O–H groups in total. The normalized spacial score (nSPS) is 11.2. The monoisotopic (exact) mass is 370 g/mol. The van der Waals surface area contributed by atoms with Crippen molar-refractivity contribution in [2.75, 3.05) is 0 Å². The molecule has 0 saturated heterocycles. The number of rotatable bonds is 2. The van der Waals surface area contributed by atoms with Gasteiger partial charge in [0.1, 0.15) is 0 Å². The SMILES string of the molecule is OCc1c(-c2ccc(Br)cc2)nc2c(Cl)cc(Cl)cn12. The molecule has 0 radical (unpaired) electrons. The fourth-order valence-electron chi connectivity index (χ4n) is 2.11. The number of aliphatic hydroxyl groups excluding tert-OH is 1. The maximum absolute atomic E-state index is 9.65. The highest BCUT2D eigenvalue weighted by molar-refractivity contribution is 9.10. The van der Waals surface area contributed by atoms with Crippen LogP contribution in [0, 0.1) is 0 Å². The van der Waals surface area contributed by atoms with E-state index in [-0.39, 0.29) is 6.61 Å². The Morgan fingerprint density at radius 3 is 2.55 bits per heavy atom. The lowest BCUT2D eigenvalue weighted by atomic mass is 10.1. The van der Waals surface area contributed by atoms with E-state index in [2.05, 4.69) is 20.9 Å². The Kier molecular flexibility index (Phi) is 3.73. The predicted octanol–water partition coefficient (Wildman–Crippen LogP) is 4.56. The summed E-state index contributed by atoms with van der Waals surface area (Å²) in [5.74, 6) is 0. The van der Waals surface area contributed by atoms with Crippen LogP contribution in [-0.4, -0.2) is 14.5 Å². The van der Waals surface area contributed by atoms with E-state index in [0.29, 0.717) is 27.1 Å². The number of aromatic nitrogens is 2. The van der Waals surface area contributed by atoms with Crippen molar-refractivity contribution in [3.8, 4) is 11.3 Å². The van der Waals surface area contributed by atoms with Crippen LogP contribution in [0.25, 0.3) is 16.9 Å². The number of aliphatic hydroxyl groups is 1. The van der Waals surface area contributed by atoms with Crippen LogP contribution < -0.4 is 0 Å². The third-order valence-electron chi connectivity index (χ3n) is 3.01. The van der Waals surface area contributed by atoms with E-state index in [1.54, 1.807) is 16.7 Å². The van der Waals surface area contributed by atoms with Crippen molar-refractivity contribution in [2.24, 2.45) is 0 Å². The zero-order valence-corrected chi connectivity index (χ0v) is 13.2. The van der Waals surface area contributed by atoms with E-state index >= 15 is 0 Å². The summed E-state index contributed by atoms with van der Waals surface area (Å²) in [6.45, 7) is -0.150. The minimum Gasteiger partial charge on any atom is -0.390 e. The number of nitrogens with zero attached hydrogens (tertiary/aromatic N) is 2. The summed E-state index contributed by atoms with van der Waals surface area (Å²) in [6.07, 6.45) is 1.70. The first-order valence-electron chi connectivity index (χ1n) is 5.83. The summed E-state index contributed by atoms with van der Waals surface area (Å²) >= 11 is 15.6. The first kappa shape index (κ1) is 13.9. The molecule has 0 atom stereocenters. The molecule has 20 heavy (non-hydrogen) atoms. The number of hydrogen-bond acceptors (Lipinski definition) is 2. The van der Waals surface area contributed by atoms with Gasteiger partial charge in [0.15, 0.2) is 5.65 Å². The summed E-state index contributed by atoms with van der Waals surface area (Å²) in [5.41, 5.74) is 2.85. The summed E-state index contributed by atoms with van der Waals surface area (Å²) in [5, 5.41) is 10.6. The molecule has 3 aromatic rings. The van der Waals surface area contributed by atoms with Crippen molar-refractivity contribution in [2.45, 2.75) is 6.61 Å². The number of imidazole rings is 1. The lowest BCUT2D eigenvalue weighted by molar-refractivity contribution is 0.276. The van der Waals surface area contributed by atoms with E-state index in [0.717, 1.165) is 10.0 Å². The average molecular weight is 372 g/mol. The minimum atomic E-state index is -0.150. The van der Waals surface area contributed by atoms with Gasteiger partial charge in [0.2, 0.25) is 0 Å². The first-order valence-corrected chi connectivity index (χ1v) is 7.38. The smallest absolute Gasteiger partial charge is 0.156 e. The third-order valence-corrected chi connectivity index (χ3v) is 4.02. The Bertz CT molecular complexity index is 784. The molecule has 2 aromatic heterocycles. The Morgan fingerprint density at radius 1 is 1.20 bits per heavy atom. The van der Waals surface area contributed by atoms with Gasteiger partial charge >= 0.3 is 0 Å². The number of hydrogen-bond donors (Lipinski definition) is 1. The van der Waals surface area contributed by atoms with E-state index in [4.69, 9.17) is 23.2 Å². The van der Waals surface area contributed by atoms with Crippen LogP contribution in [-0.2, 0) is 6.61 Å². The van der Waals surface area contributed by atoms with Crippen LogP contribution in [0.4, 0.5) is 0 Å². The van der Waals surface area contributed by atoms with Gasteiger partial charge in [0.25, 0.3) is 0 Å². The van der Waals surface area contributed by atoms with Gasteiger partial charge in [-0.1, -0.05) is 51.3 Å². The number of benzene rings is 1. The van der Waals surface area contributed by atoms with E-state index in [1.165, 1.54) is 0 Å². The molecule has 3 rings (SSSR count). The Balaban J connectivity index is 2.30. The molecule has 1 aromatic carbocycles. The predicted molar refractivity (Wildman–Crippen MR) is 84.3 cm³/mol. The molecule has 6 heteroatoms. The molecule has 0 fully saturated rings. The molecular weight excluding hydrogens is 363 g/mol. The highest BCUT2D eigenvalue weighted by Crippen LogP contribution is 2.30. The summed E-state index contributed by atoms with van der Waals surface area (Å²) < 4.78 is 2.71. The van der Waals surface area contributed by atoms with E-state index < -0.39 is 0 Å². The minimum absolute atomic E-state index is 0.150. The largest absolute Gasteiger partial charge is 0.390 e. The Morgan fingerprint density at radius 2 is 1.90 bits per heavy atom. The summed E-state index contributed by atoms with van der Waals surface area (Å²) in [4.78, 5) is 4.52. The second kappa shape index (κ2) is 5.37. The first-order chi connectivity index (χ1) is 9.60. The standard InChI is InChI=1S/C14H9BrCl2N2O/c15-9-3-1-8(2-4-9)13-12(7-20)19-6-10(16)5-11(17)14(19)18-13/h1-6,20H,7H2. The van der Waals surface area contributed by atoms with Crippen molar-refractivity contribution in [3.63, 3.8) is 0 Å². The maximum Gasteiger partial charge on any atom is 0.156 e. The quantitative estimate of drug-likeness (QED) is 0.716. The fourth-order valence-corrected chi connectivity index (χ4v) is 2.89. The molecule has 102 valence electrons. The van der Waals surface area contributed by atoms with Crippen LogP contribution >= 0.6 is 39.1 Å². The molecular formula is C14H9BrCl2N2O. The fraction of sp³-hybridized carbons (Fsp3) is 0.0714. The van der Waals surface area contributed by atoms with Crippen LogP contribution in [0.15, 0.2) is 41.0 Å². The molecule has 3 nitrogen and oxygen atoms in total. The van der Waals surface area contributed by atoms with Crippen molar-refractivity contribution in [1.82, 2.24) is 9.38 Å². The van der Waals surface area contributed by atoms with Crippen LogP contribution in [0.1, 0.15) is 5.69 Å². The van der Waals surface area contributed by atoms with Crippen molar-refractivity contribution in [3.05, 3.63) is 56.7 Å². The van der Waals surface area contributed by atoms with Gasteiger partial charge in [-0.25, -0.2) is 4.98 Å². The van der Waals surface area contributed by atoms with Crippen LogP contribution in [0.3, 0.4) is 0 Å². The second-order valence-electron chi connectivity index (χ2n) is 4.27. The van der Waals surface area contributed by atoms with Gasteiger partial charge < -0.3 is 5.11 Å². The zero-order valence-electron chi connectivity index (χ0n) is 10.1. The van der Waals surface area contributed by atoms with Crippen molar-refractivity contribution in [1.29, 1.82) is 0 Å². The molecule has 0 bridgehead atoms. The van der Waals surface area contributed by atoms with Gasteiger partial charge in [-0.15, -0.1) is 0 Å². The molecule has 0 spiro atoms. The van der Waals surface area contributed by atoms with Crippen molar-refractivity contribution >= 4 is 44.8 Å². The Hall–Kier alpha value is -1.07. The average Bonchev–Trinajstić information content (AvgIpc) is 2.78. The van der Waals surface area contributed by atoms with Gasteiger partial charge in [0, 0.05) is 16.2 Å². The number of halogens is 3. The van der Waals surface area contributed by atoms with Gasteiger partial charge in [0.05, 0.1) is 28.0 Å². The third kappa shape index (κ3) is 2.33. The van der Waals surface area contributed by atoms with Gasteiger partial charge in [-0.2, -0.15) is 0 Å². The maximum atomic E-state index is 9.65. The topological polar surface area (TPSA) is 37.5 Å². The molecule has 0 aliphatic rings. The molecule has 0 amide bonds. The second-order valence-corrected chi connectivity index (χ2v) is 6.03. The lowest BCUT2D eigenvalue weighted by Gasteiger charge is -2.03. The van der Waals surface area contributed by atoms with Gasteiger partial charge in [-0.05, 0) is 18.2 Å². The highest BCUT2D eigenvalue weighted by Gasteiger charge is 2.15. The molecule has 0 aliphatic heterocycles. The molecule has 0 aliphatic carbocycles. The number of fused-ring (bicyclic) bond motifs is 1. The lowest BCUT2D eigenvalue weighted by Crippen LogP contribution is -1.94. The highest BCUT2D eigenvalue weighted by atomic mass is 79.9. The molecule has 0 unspecified atom stereocenters. The summed E-state index contributed by atoms with van der Waals surface area (Å²) in [6, 6.07) is 9.35. The molecule has 2 heterocycles. The zero-order chi connectivity index (χ0) is 14.3. The van der Waals surface area contributed by atoms with Gasteiger partial charge in [-0.3, -0.25) is 4.40 Å². The number of pyridine rings is 1. The van der Waals surface area contributed by atoms with Crippen LogP contribution in [0.5, 0.6) is 0 Å². The van der Waals surface area contributed by atoms with Crippen molar-refractivity contribution < 1.29 is 5.11 Å². The van der Waals surface area contributed by atoms with E-state index in [1.807, 2.05) is 24.3 Å². The Labute approximate surface area is 133 Å².